The van der Waals surface area contributed by atoms with Gasteiger partial charge in [-0.25, -0.2) is 13.1 Å². The minimum Gasteiger partial charge on any atom is -0.465 e. The van der Waals surface area contributed by atoms with Gasteiger partial charge in [0, 0.05) is 31.2 Å². The molecule has 1 aromatic rings. The van der Waals surface area contributed by atoms with Gasteiger partial charge < -0.3 is 23.7 Å². The summed E-state index contributed by atoms with van der Waals surface area (Å²) in [6, 6.07) is 7.01. The van der Waals surface area contributed by atoms with Crippen molar-refractivity contribution in [3.8, 4) is 0 Å². The van der Waals surface area contributed by atoms with Gasteiger partial charge in [-0.3, -0.25) is 4.79 Å². The van der Waals surface area contributed by atoms with E-state index in [4.69, 9.17) is 23.7 Å². The number of esters is 1. The fourth-order valence-corrected chi connectivity index (χ4v) is 15.3. The fourth-order valence-electron chi connectivity index (χ4n) is 13.8. The molecule has 9 nitrogen and oxygen atoms in total. The average molecular weight is 826 g/mol. The number of rotatable bonds is 13. The zero-order valence-corrected chi connectivity index (χ0v) is 38.2. The SMILES string of the molecule is CCCCOC(=O)[C@@H]1[C@@](C)([C@H](C)C(C)C)CC[C@]2(C)[C@H]3CC[C@@H]4[C@@]5(COC[C@]4(C)[C@@H](OCC4(NS(=O)(=O)c6ccc(C)cc6)CCOCC4)[C@H](OC)C5)C3=CC[C@@]12C. The van der Waals surface area contributed by atoms with Crippen LogP contribution in [0.5, 0.6) is 0 Å². The number of methoxy groups -OCH3 is 1. The molecule has 3 saturated carbocycles. The van der Waals surface area contributed by atoms with E-state index in [0.717, 1.165) is 56.9 Å². The van der Waals surface area contributed by atoms with E-state index >= 15 is 0 Å². The van der Waals surface area contributed by atoms with Crippen molar-refractivity contribution in [3.05, 3.63) is 41.5 Å². The molecule has 0 spiro atoms. The normalized spacial score (nSPS) is 40.1. The van der Waals surface area contributed by atoms with E-state index in [1.54, 1.807) is 12.1 Å². The topological polar surface area (TPSA) is 109 Å². The molecule has 5 fully saturated rings. The predicted molar refractivity (Wildman–Crippen MR) is 227 cm³/mol. The molecule has 2 aliphatic heterocycles. The maximum absolute atomic E-state index is 14.6. The van der Waals surface area contributed by atoms with Crippen molar-refractivity contribution in [2.24, 2.45) is 56.7 Å². The molecule has 2 bridgehead atoms. The van der Waals surface area contributed by atoms with Crippen LogP contribution in [-0.4, -0.2) is 78.9 Å². The minimum absolute atomic E-state index is 0.00899. The fraction of sp³-hybridized carbons (Fsp3) is 0.812. The molecular formula is C48H75NO8S. The lowest BCUT2D eigenvalue weighted by Crippen LogP contribution is -2.70. The number of hydrogen-bond acceptors (Lipinski definition) is 8. The molecule has 326 valence electrons. The summed E-state index contributed by atoms with van der Waals surface area (Å²) in [5, 5.41) is 0. The van der Waals surface area contributed by atoms with Gasteiger partial charge in [-0.05, 0) is 117 Å². The van der Waals surface area contributed by atoms with E-state index in [-0.39, 0.29) is 62.7 Å². The number of fused-ring (bicyclic) bond motifs is 3. The first-order valence-corrected chi connectivity index (χ1v) is 24.1. The van der Waals surface area contributed by atoms with Gasteiger partial charge in [-0.2, -0.15) is 0 Å². The molecule has 2 saturated heterocycles. The van der Waals surface area contributed by atoms with Crippen molar-refractivity contribution in [3.63, 3.8) is 0 Å². The Kier molecular flexibility index (Phi) is 12.3. The lowest BCUT2D eigenvalue weighted by atomic mass is 9.34. The summed E-state index contributed by atoms with van der Waals surface area (Å²) in [4.78, 5) is 14.8. The Hall–Kier alpha value is -1.82. The number of ether oxygens (including phenoxy) is 5. The molecule has 7 rings (SSSR count). The molecular weight excluding hydrogens is 751 g/mol. The largest absolute Gasteiger partial charge is 0.465 e. The van der Waals surface area contributed by atoms with Crippen LogP contribution in [0, 0.1) is 63.6 Å². The van der Waals surface area contributed by atoms with Crippen molar-refractivity contribution in [1.29, 1.82) is 0 Å². The summed E-state index contributed by atoms with van der Waals surface area (Å²) >= 11 is 0. The van der Waals surface area contributed by atoms with Crippen molar-refractivity contribution < 1.29 is 36.9 Å². The summed E-state index contributed by atoms with van der Waals surface area (Å²) < 4.78 is 63.1. The molecule has 6 aliphatic rings. The Morgan fingerprint density at radius 1 is 0.948 bits per heavy atom. The minimum atomic E-state index is -3.80. The predicted octanol–water partition coefficient (Wildman–Crippen LogP) is 9.07. The summed E-state index contributed by atoms with van der Waals surface area (Å²) in [5.74, 6) is 1.30. The highest BCUT2D eigenvalue weighted by Crippen LogP contribution is 2.75. The van der Waals surface area contributed by atoms with E-state index < -0.39 is 15.6 Å². The number of benzene rings is 1. The molecule has 58 heavy (non-hydrogen) atoms. The zero-order valence-electron chi connectivity index (χ0n) is 37.4. The van der Waals surface area contributed by atoms with Crippen LogP contribution >= 0.6 is 0 Å². The maximum atomic E-state index is 14.6. The summed E-state index contributed by atoms with van der Waals surface area (Å²) in [5.41, 5.74) is 0.676. The summed E-state index contributed by atoms with van der Waals surface area (Å²) in [7, 11) is -1.99. The second-order valence-electron chi connectivity index (χ2n) is 21.0. The molecule has 0 amide bonds. The second-order valence-corrected chi connectivity index (χ2v) is 22.7. The number of nitrogens with one attached hydrogen (secondary N) is 1. The Morgan fingerprint density at radius 3 is 2.31 bits per heavy atom. The molecule has 1 N–H and O–H groups in total. The van der Waals surface area contributed by atoms with Gasteiger partial charge in [0.15, 0.2) is 0 Å². The highest BCUT2D eigenvalue weighted by Gasteiger charge is 2.72. The first-order chi connectivity index (χ1) is 27.4. The summed E-state index contributed by atoms with van der Waals surface area (Å²) in [6.45, 7) is 23.7. The van der Waals surface area contributed by atoms with Crippen molar-refractivity contribution in [2.45, 2.75) is 149 Å². The van der Waals surface area contributed by atoms with E-state index in [1.807, 2.05) is 26.2 Å². The van der Waals surface area contributed by atoms with Crippen LogP contribution in [0.1, 0.15) is 125 Å². The van der Waals surface area contributed by atoms with Crippen molar-refractivity contribution in [2.75, 3.05) is 46.8 Å². The van der Waals surface area contributed by atoms with E-state index in [0.29, 0.717) is 69.5 Å². The number of carbonyl (C=O) groups excluding carboxylic acids is 1. The first kappa shape index (κ1) is 44.2. The smallest absolute Gasteiger partial charge is 0.310 e. The number of unbranched alkanes of at least 4 members (excludes halogenated alkanes) is 1. The lowest BCUT2D eigenvalue weighted by molar-refractivity contribution is -0.270. The molecule has 1 aromatic carbocycles. The van der Waals surface area contributed by atoms with Crippen LogP contribution in [0.4, 0.5) is 0 Å². The third kappa shape index (κ3) is 7.07. The third-order valence-electron chi connectivity index (χ3n) is 17.8. The number of sulfonamides is 1. The Morgan fingerprint density at radius 2 is 1.66 bits per heavy atom. The molecule has 10 heteroatoms. The molecule has 0 radical (unpaired) electrons. The Bertz CT molecular complexity index is 1790. The second kappa shape index (κ2) is 16.1. The number of aryl methyl sites for hydroxylation is 1. The van der Waals surface area contributed by atoms with E-state index in [1.165, 1.54) is 5.57 Å². The van der Waals surface area contributed by atoms with Gasteiger partial charge in [0.1, 0.15) is 0 Å². The van der Waals surface area contributed by atoms with E-state index in [9.17, 15) is 13.2 Å². The van der Waals surface area contributed by atoms with Crippen LogP contribution in [0.25, 0.3) is 0 Å². The number of hydrogen-bond donors (Lipinski definition) is 1. The quantitative estimate of drug-likeness (QED) is 0.119. The standard InChI is InChI=1S/C48H75NO8S/c1-11-12-25-56-42(50)40-43(6,34(5)32(2)3)21-22-45(8)36-17-18-39-44(7)29-55-31-48(39,37(36)19-20-46(40,45)9)28-38(53-10)41(44)57-30-47(23-26-54-27-24-47)49-58(51,52)35-15-13-33(4)14-16-35/h13-16,19,32,34,36,38-41,49H,11-12,17-18,20-31H2,1-10H3/t34-,36+,38-,39+,40-,41+,43-,44+,45-,46+,48+/m1/s1. The van der Waals surface area contributed by atoms with Crippen molar-refractivity contribution >= 4 is 16.0 Å². The van der Waals surface area contributed by atoms with Gasteiger partial charge in [0.2, 0.25) is 10.0 Å². The summed E-state index contributed by atoms with van der Waals surface area (Å²) in [6.07, 6.45) is 10.9. The van der Waals surface area contributed by atoms with Gasteiger partial charge in [0.05, 0.1) is 55.0 Å². The maximum Gasteiger partial charge on any atom is 0.310 e. The van der Waals surface area contributed by atoms with Crippen LogP contribution in [0.15, 0.2) is 40.8 Å². The van der Waals surface area contributed by atoms with Crippen LogP contribution in [0.2, 0.25) is 0 Å². The number of allylic oxidation sites excluding steroid dienone is 1. The van der Waals surface area contributed by atoms with Crippen LogP contribution < -0.4 is 4.72 Å². The number of carbonyl (C=O) groups is 1. The molecule has 4 aliphatic carbocycles. The Balaban J connectivity index is 1.20. The first-order valence-electron chi connectivity index (χ1n) is 22.6. The van der Waals surface area contributed by atoms with Gasteiger partial charge >= 0.3 is 5.97 Å². The van der Waals surface area contributed by atoms with Crippen LogP contribution in [0.3, 0.4) is 0 Å². The highest BCUT2D eigenvalue weighted by molar-refractivity contribution is 7.89. The molecule has 11 atom stereocenters. The monoisotopic (exact) mass is 826 g/mol. The zero-order chi connectivity index (χ0) is 41.9. The Labute approximate surface area is 350 Å². The van der Waals surface area contributed by atoms with Gasteiger partial charge in [-0.1, -0.05) is 91.2 Å². The van der Waals surface area contributed by atoms with E-state index in [2.05, 4.69) is 66.2 Å². The van der Waals surface area contributed by atoms with Crippen molar-refractivity contribution in [1.82, 2.24) is 4.72 Å². The third-order valence-corrected chi connectivity index (χ3v) is 19.4. The molecule has 0 unspecified atom stereocenters. The lowest BCUT2D eigenvalue weighted by Gasteiger charge is -2.71. The highest BCUT2D eigenvalue weighted by atomic mass is 32.2. The van der Waals surface area contributed by atoms with Gasteiger partial charge in [0.25, 0.3) is 0 Å². The molecule has 2 heterocycles. The van der Waals surface area contributed by atoms with Crippen LogP contribution in [-0.2, 0) is 38.5 Å². The van der Waals surface area contributed by atoms with Gasteiger partial charge in [-0.15, -0.1) is 0 Å². The molecule has 0 aromatic heterocycles. The average Bonchev–Trinajstić information content (AvgIpc) is 3.17.